The summed E-state index contributed by atoms with van der Waals surface area (Å²) in [6, 6.07) is 8.29. The first-order chi connectivity index (χ1) is 8.66. The van der Waals surface area contributed by atoms with Crippen molar-refractivity contribution in [1.29, 1.82) is 0 Å². The summed E-state index contributed by atoms with van der Waals surface area (Å²) in [7, 11) is 0. The number of carbonyl (C=O) groups excluding carboxylic acids is 1. The maximum Gasteiger partial charge on any atom is 0.164 e. The number of benzene rings is 1. The summed E-state index contributed by atoms with van der Waals surface area (Å²) in [4.78, 5) is 14.6. The smallest absolute Gasteiger partial charge is 0.164 e. The summed E-state index contributed by atoms with van der Waals surface area (Å²) in [5.74, 6) is 0.271. The van der Waals surface area contributed by atoms with E-state index < -0.39 is 0 Å². The van der Waals surface area contributed by atoms with E-state index in [9.17, 15) is 4.79 Å². The van der Waals surface area contributed by atoms with Gasteiger partial charge in [-0.3, -0.25) is 4.79 Å². The van der Waals surface area contributed by atoms with Gasteiger partial charge in [-0.2, -0.15) is 0 Å². The van der Waals surface area contributed by atoms with Crippen LogP contribution in [0.1, 0.15) is 48.5 Å². The first-order valence-corrected chi connectivity index (χ1v) is 7.01. The van der Waals surface area contributed by atoms with Crippen LogP contribution in [0, 0.1) is 6.92 Å². The maximum atomic E-state index is 12.2. The van der Waals surface area contributed by atoms with E-state index in [4.69, 9.17) is 0 Å². The average Bonchev–Trinajstić information content (AvgIpc) is 2.40. The van der Waals surface area contributed by atoms with Crippen molar-refractivity contribution in [2.75, 3.05) is 13.1 Å². The van der Waals surface area contributed by atoms with Gasteiger partial charge in [-0.15, -0.1) is 0 Å². The zero-order chi connectivity index (χ0) is 13.0. The third kappa shape index (κ3) is 3.42. The molecule has 1 aromatic carbocycles. The minimum absolute atomic E-state index is 0.271. The highest BCUT2D eigenvalue weighted by Crippen LogP contribution is 2.16. The Morgan fingerprint density at radius 1 is 1.17 bits per heavy atom. The van der Waals surface area contributed by atoms with Gasteiger partial charge in [-0.1, -0.05) is 36.2 Å². The molecule has 1 saturated heterocycles. The Hall–Kier alpha value is -1.15. The van der Waals surface area contributed by atoms with Crippen molar-refractivity contribution in [1.82, 2.24) is 4.90 Å². The van der Waals surface area contributed by atoms with E-state index in [1.54, 1.807) is 0 Å². The van der Waals surface area contributed by atoms with E-state index in [1.807, 2.05) is 31.2 Å². The van der Waals surface area contributed by atoms with Gasteiger partial charge in [0.05, 0.1) is 0 Å². The van der Waals surface area contributed by atoms with E-state index in [0.29, 0.717) is 12.5 Å². The Bertz CT molecular complexity index is 390. The number of Topliss-reactive ketones (excluding diaryl/α,β-unsaturated/α-hetero) is 1. The molecular formula is C16H23NO. The zero-order valence-corrected chi connectivity index (χ0v) is 11.5. The largest absolute Gasteiger partial charge is 0.300 e. The first-order valence-electron chi connectivity index (χ1n) is 7.01. The van der Waals surface area contributed by atoms with Crippen LogP contribution >= 0.6 is 0 Å². The highest BCUT2D eigenvalue weighted by molar-refractivity contribution is 5.96. The molecule has 1 aromatic rings. The molecule has 0 aliphatic carbocycles. The van der Waals surface area contributed by atoms with Gasteiger partial charge in [0.25, 0.3) is 0 Å². The predicted molar refractivity (Wildman–Crippen MR) is 75.0 cm³/mol. The summed E-state index contributed by atoms with van der Waals surface area (Å²) >= 11 is 0. The van der Waals surface area contributed by atoms with Crippen LogP contribution in [0.4, 0.5) is 0 Å². The van der Waals surface area contributed by atoms with Crippen LogP contribution in [0.15, 0.2) is 24.3 Å². The highest BCUT2D eigenvalue weighted by atomic mass is 16.1. The van der Waals surface area contributed by atoms with Gasteiger partial charge < -0.3 is 4.90 Å². The Morgan fingerprint density at radius 2 is 1.78 bits per heavy atom. The van der Waals surface area contributed by atoms with E-state index in [2.05, 4.69) is 11.8 Å². The fourth-order valence-corrected chi connectivity index (χ4v) is 2.61. The number of carbonyl (C=O) groups is 1. The second kappa shape index (κ2) is 6.14. The number of hydrogen-bond acceptors (Lipinski definition) is 2. The lowest BCUT2D eigenvalue weighted by Crippen LogP contribution is -2.38. The fourth-order valence-electron chi connectivity index (χ4n) is 2.61. The number of hydrogen-bond donors (Lipinski definition) is 0. The van der Waals surface area contributed by atoms with Crippen molar-refractivity contribution < 1.29 is 4.79 Å². The van der Waals surface area contributed by atoms with Gasteiger partial charge in [0.1, 0.15) is 0 Å². The van der Waals surface area contributed by atoms with E-state index in [-0.39, 0.29) is 5.78 Å². The second-order valence-electron chi connectivity index (χ2n) is 5.44. The molecule has 0 N–H and O–H groups in total. The lowest BCUT2D eigenvalue weighted by molar-refractivity contribution is 0.0911. The SMILES string of the molecule is Cc1ccc(C(=O)C[C@H](C)N2CCCCC2)cc1. The molecule has 1 atom stereocenters. The van der Waals surface area contributed by atoms with Gasteiger partial charge in [0, 0.05) is 18.0 Å². The Labute approximate surface area is 110 Å². The maximum absolute atomic E-state index is 12.2. The molecule has 1 fully saturated rings. The molecule has 2 rings (SSSR count). The first kappa shape index (κ1) is 13.3. The molecule has 0 radical (unpaired) electrons. The Balaban J connectivity index is 1.91. The van der Waals surface area contributed by atoms with Gasteiger partial charge in [-0.25, -0.2) is 0 Å². The molecule has 0 bridgehead atoms. The summed E-state index contributed by atoms with van der Waals surface area (Å²) in [6.07, 6.45) is 4.55. The molecule has 2 heteroatoms. The molecule has 98 valence electrons. The molecule has 1 aliphatic rings. The molecule has 0 saturated carbocycles. The normalized spacial score (nSPS) is 18.6. The predicted octanol–water partition coefficient (Wildman–Crippen LogP) is 3.44. The van der Waals surface area contributed by atoms with Crippen LogP contribution in [0.5, 0.6) is 0 Å². The quantitative estimate of drug-likeness (QED) is 0.757. The summed E-state index contributed by atoms with van der Waals surface area (Å²) < 4.78 is 0. The van der Waals surface area contributed by atoms with E-state index in [0.717, 1.165) is 18.7 Å². The molecule has 0 unspecified atom stereocenters. The minimum atomic E-state index is 0.271. The summed E-state index contributed by atoms with van der Waals surface area (Å²) in [6.45, 7) is 6.53. The molecule has 18 heavy (non-hydrogen) atoms. The van der Waals surface area contributed by atoms with Crippen molar-refractivity contribution in [3.63, 3.8) is 0 Å². The van der Waals surface area contributed by atoms with Gasteiger partial charge in [-0.05, 0) is 39.8 Å². The van der Waals surface area contributed by atoms with Crippen LogP contribution in [0.25, 0.3) is 0 Å². The molecule has 0 spiro atoms. The van der Waals surface area contributed by atoms with Crippen LogP contribution in [-0.2, 0) is 0 Å². The molecular weight excluding hydrogens is 222 g/mol. The van der Waals surface area contributed by atoms with Crippen molar-refractivity contribution in [2.24, 2.45) is 0 Å². The Morgan fingerprint density at radius 3 is 2.39 bits per heavy atom. The molecule has 1 aliphatic heterocycles. The molecule has 2 nitrogen and oxygen atoms in total. The number of aryl methyl sites for hydroxylation is 1. The fraction of sp³-hybridized carbons (Fsp3) is 0.562. The lowest BCUT2D eigenvalue weighted by Gasteiger charge is -2.32. The third-order valence-corrected chi connectivity index (χ3v) is 3.87. The van der Waals surface area contributed by atoms with Crippen molar-refractivity contribution in [3.8, 4) is 0 Å². The number of ketones is 1. The van der Waals surface area contributed by atoms with Gasteiger partial charge >= 0.3 is 0 Å². The van der Waals surface area contributed by atoms with Gasteiger partial charge in [0.2, 0.25) is 0 Å². The van der Waals surface area contributed by atoms with Crippen LogP contribution in [-0.4, -0.2) is 29.8 Å². The van der Waals surface area contributed by atoms with Gasteiger partial charge in [0.15, 0.2) is 5.78 Å². The van der Waals surface area contributed by atoms with E-state index in [1.165, 1.54) is 24.8 Å². The van der Waals surface area contributed by atoms with Crippen molar-refractivity contribution >= 4 is 5.78 Å². The van der Waals surface area contributed by atoms with Crippen molar-refractivity contribution in [3.05, 3.63) is 35.4 Å². The molecule has 0 aromatic heterocycles. The Kier molecular flexibility index (Phi) is 4.54. The average molecular weight is 245 g/mol. The zero-order valence-electron chi connectivity index (χ0n) is 11.5. The minimum Gasteiger partial charge on any atom is -0.300 e. The van der Waals surface area contributed by atoms with Crippen LogP contribution in [0.3, 0.4) is 0 Å². The van der Waals surface area contributed by atoms with Crippen LogP contribution in [0.2, 0.25) is 0 Å². The van der Waals surface area contributed by atoms with Crippen molar-refractivity contribution in [2.45, 2.75) is 45.6 Å². The number of likely N-dealkylation sites (tertiary alicyclic amines) is 1. The lowest BCUT2D eigenvalue weighted by atomic mass is 10.0. The van der Waals surface area contributed by atoms with Crippen LogP contribution < -0.4 is 0 Å². The number of piperidine rings is 1. The summed E-state index contributed by atoms with van der Waals surface area (Å²) in [5.41, 5.74) is 2.06. The second-order valence-corrected chi connectivity index (χ2v) is 5.44. The topological polar surface area (TPSA) is 20.3 Å². The standard InChI is InChI=1S/C16H23NO/c1-13-6-8-15(9-7-13)16(18)12-14(2)17-10-4-3-5-11-17/h6-9,14H,3-5,10-12H2,1-2H3/t14-/m0/s1. The highest BCUT2D eigenvalue weighted by Gasteiger charge is 2.19. The monoisotopic (exact) mass is 245 g/mol. The molecule has 1 heterocycles. The third-order valence-electron chi connectivity index (χ3n) is 3.87. The van der Waals surface area contributed by atoms with E-state index >= 15 is 0 Å². The number of rotatable bonds is 4. The summed E-state index contributed by atoms with van der Waals surface area (Å²) in [5, 5.41) is 0. The number of nitrogens with zero attached hydrogens (tertiary/aromatic N) is 1. The molecule has 0 amide bonds.